The quantitative estimate of drug-likeness (QED) is 0.727. The first-order chi connectivity index (χ1) is 9.52. The van der Waals surface area contributed by atoms with Gasteiger partial charge in [-0.3, -0.25) is 14.9 Å². The lowest BCUT2D eigenvalue weighted by Crippen LogP contribution is -2.55. The average molecular weight is 277 g/mol. The van der Waals surface area contributed by atoms with Crippen LogP contribution in [0.4, 0.5) is 4.79 Å². The molecule has 0 saturated carbocycles. The van der Waals surface area contributed by atoms with Gasteiger partial charge in [0.25, 0.3) is 11.8 Å². The number of urea groups is 1. The fourth-order valence-electron chi connectivity index (χ4n) is 2.71. The van der Waals surface area contributed by atoms with Crippen molar-refractivity contribution in [2.45, 2.75) is 25.3 Å². The summed E-state index contributed by atoms with van der Waals surface area (Å²) in [7, 11) is 0. The van der Waals surface area contributed by atoms with E-state index in [1.807, 2.05) is 6.92 Å². The standard InChI is InChI=1S/C13H15N3O4/c1-8-2-7-20-9(8)10(17)16-5-3-13(4-6-16)11(18)14-12(19)15-13/h2,7H,3-6H2,1H3,(H2,14,15,18,19). The van der Waals surface area contributed by atoms with E-state index in [9.17, 15) is 14.4 Å². The maximum Gasteiger partial charge on any atom is 0.322 e. The Balaban J connectivity index is 1.70. The Labute approximate surface area is 115 Å². The van der Waals surface area contributed by atoms with Crippen LogP contribution in [0.3, 0.4) is 0 Å². The number of amides is 4. The molecule has 1 spiro atoms. The van der Waals surface area contributed by atoms with Crippen LogP contribution in [0.2, 0.25) is 0 Å². The Bertz CT molecular complexity index is 584. The van der Waals surface area contributed by atoms with Gasteiger partial charge in [-0.2, -0.15) is 0 Å². The summed E-state index contributed by atoms with van der Waals surface area (Å²) in [5.41, 5.74) is -0.0614. The summed E-state index contributed by atoms with van der Waals surface area (Å²) in [5, 5.41) is 4.91. The van der Waals surface area contributed by atoms with E-state index < -0.39 is 11.6 Å². The minimum absolute atomic E-state index is 0.174. The van der Waals surface area contributed by atoms with Crippen molar-refractivity contribution >= 4 is 17.8 Å². The Morgan fingerprint density at radius 1 is 1.35 bits per heavy atom. The monoisotopic (exact) mass is 277 g/mol. The van der Waals surface area contributed by atoms with Gasteiger partial charge < -0.3 is 14.6 Å². The zero-order valence-corrected chi connectivity index (χ0v) is 11.1. The predicted octanol–water partition coefficient (Wildman–Crippen LogP) is 0.402. The molecule has 3 heterocycles. The number of nitrogens with one attached hydrogen (secondary N) is 2. The largest absolute Gasteiger partial charge is 0.459 e. The van der Waals surface area contributed by atoms with Crippen LogP contribution >= 0.6 is 0 Å². The number of nitrogens with zero attached hydrogens (tertiary/aromatic N) is 1. The lowest BCUT2D eigenvalue weighted by atomic mass is 9.87. The maximum atomic E-state index is 12.3. The third-order valence-electron chi connectivity index (χ3n) is 3.98. The minimum Gasteiger partial charge on any atom is -0.459 e. The fourth-order valence-corrected chi connectivity index (χ4v) is 2.71. The van der Waals surface area contributed by atoms with Crippen molar-refractivity contribution in [1.82, 2.24) is 15.5 Å². The van der Waals surface area contributed by atoms with Crippen molar-refractivity contribution < 1.29 is 18.8 Å². The average Bonchev–Trinajstić information content (AvgIpc) is 2.95. The zero-order valence-electron chi connectivity index (χ0n) is 11.1. The molecule has 2 fully saturated rings. The minimum atomic E-state index is -0.855. The van der Waals surface area contributed by atoms with E-state index in [1.165, 1.54) is 6.26 Å². The first kappa shape index (κ1) is 12.7. The van der Waals surface area contributed by atoms with Crippen LogP contribution in [0.1, 0.15) is 29.0 Å². The van der Waals surface area contributed by atoms with Crippen molar-refractivity contribution in [3.8, 4) is 0 Å². The third kappa shape index (κ3) is 1.86. The molecule has 2 aliphatic rings. The van der Waals surface area contributed by atoms with Crippen molar-refractivity contribution in [1.29, 1.82) is 0 Å². The lowest BCUT2D eigenvalue weighted by molar-refractivity contribution is -0.125. The van der Waals surface area contributed by atoms with E-state index in [1.54, 1.807) is 11.0 Å². The highest BCUT2D eigenvalue weighted by atomic mass is 16.3. The van der Waals surface area contributed by atoms with Gasteiger partial charge in [-0.05, 0) is 25.8 Å². The van der Waals surface area contributed by atoms with Crippen LogP contribution in [0.5, 0.6) is 0 Å². The van der Waals surface area contributed by atoms with E-state index >= 15 is 0 Å². The number of carbonyl (C=O) groups excluding carboxylic acids is 3. The molecule has 1 aromatic rings. The molecule has 106 valence electrons. The molecule has 3 rings (SSSR count). The summed E-state index contributed by atoms with van der Waals surface area (Å²) in [5.74, 6) is -0.142. The number of hydrogen-bond acceptors (Lipinski definition) is 4. The Hall–Kier alpha value is -2.31. The molecule has 0 atom stereocenters. The van der Waals surface area contributed by atoms with Crippen LogP contribution in [-0.4, -0.2) is 41.4 Å². The van der Waals surface area contributed by atoms with Crippen molar-refractivity contribution in [2.75, 3.05) is 13.1 Å². The summed E-state index contributed by atoms with van der Waals surface area (Å²) in [6, 6.07) is 1.28. The maximum absolute atomic E-state index is 12.3. The van der Waals surface area contributed by atoms with Gasteiger partial charge in [0.05, 0.1) is 6.26 Å². The van der Waals surface area contributed by atoms with Gasteiger partial charge >= 0.3 is 6.03 Å². The van der Waals surface area contributed by atoms with E-state index in [-0.39, 0.29) is 11.8 Å². The molecule has 4 amide bonds. The summed E-state index contributed by atoms with van der Waals surface area (Å²) < 4.78 is 5.19. The Morgan fingerprint density at radius 2 is 2.05 bits per heavy atom. The van der Waals surface area contributed by atoms with Gasteiger partial charge in [-0.1, -0.05) is 0 Å². The first-order valence-electron chi connectivity index (χ1n) is 6.49. The highest BCUT2D eigenvalue weighted by molar-refractivity contribution is 6.07. The van der Waals surface area contributed by atoms with Crippen molar-refractivity contribution in [3.63, 3.8) is 0 Å². The number of rotatable bonds is 1. The molecule has 7 nitrogen and oxygen atoms in total. The van der Waals surface area contributed by atoms with Gasteiger partial charge in [0.15, 0.2) is 5.76 Å². The zero-order chi connectivity index (χ0) is 14.3. The molecule has 1 aromatic heterocycles. The molecular weight excluding hydrogens is 262 g/mol. The molecular formula is C13H15N3O4. The van der Waals surface area contributed by atoms with Gasteiger partial charge in [0.1, 0.15) is 5.54 Å². The number of aryl methyl sites for hydroxylation is 1. The SMILES string of the molecule is Cc1ccoc1C(=O)N1CCC2(CC1)NC(=O)NC2=O. The van der Waals surface area contributed by atoms with Crippen molar-refractivity contribution in [3.05, 3.63) is 23.7 Å². The third-order valence-corrected chi connectivity index (χ3v) is 3.98. The molecule has 2 saturated heterocycles. The molecule has 0 radical (unpaired) electrons. The number of hydrogen-bond donors (Lipinski definition) is 2. The van der Waals surface area contributed by atoms with E-state index in [0.29, 0.717) is 31.7 Å². The summed E-state index contributed by atoms with van der Waals surface area (Å²) in [6.45, 7) is 2.63. The number of carbonyl (C=O) groups is 3. The van der Waals surface area contributed by atoms with Crippen LogP contribution in [-0.2, 0) is 4.79 Å². The molecule has 7 heteroatoms. The van der Waals surface area contributed by atoms with Gasteiger partial charge in [0, 0.05) is 18.7 Å². The topological polar surface area (TPSA) is 91.7 Å². The van der Waals surface area contributed by atoms with Gasteiger partial charge in [0.2, 0.25) is 0 Å². The highest BCUT2D eigenvalue weighted by Gasteiger charge is 2.48. The smallest absolute Gasteiger partial charge is 0.322 e. The van der Waals surface area contributed by atoms with Gasteiger partial charge in [-0.15, -0.1) is 0 Å². The molecule has 2 aliphatic heterocycles. The summed E-state index contributed by atoms with van der Waals surface area (Å²) in [4.78, 5) is 37.0. The van der Waals surface area contributed by atoms with E-state index in [4.69, 9.17) is 4.42 Å². The molecule has 0 aromatic carbocycles. The van der Waals surface area contributed by atoms with Crippen LogP contribution in [0.15, 0.2) is 16.7 Å². The van der Waals surface area contributed by atoms with E-state index in [0.717, 1.165) is 5.56 Å². The normalized spacial score (nSPS) is 20.9. The summed E-state index contributed by atoms with van der Waals surface area (Å²) >= 11 is 0. The number of likely N-dealkylation sites (tertiary alicyclic amines) is 1. The van der Waals surface area contributed by atoms with Crippen molar-refractivity contribution in [2.24, 2.45) is 0 Å². The van der Waals surface area contributed by atoms with Gasteiger partial charge in [-0.25, -0.2) is 4.79 Å². The second-order valence-electron chi connectivity index (χ2n) is 5.22. The molecule has 2 N–H and O–H groups in total. The number of piperidine rings is 1. The molecule has 20 heavy (non-hydrogen) atoms. The lowest BCUT2D eigenvalue weighted by Gasteiger charge is -2.36. The Kier molecular flexibility index (Phi) is 2.77. The number of furan rings is 1. The van der Waals surface area contributed by atoms with Crippen LogP contribution in [0.25, 0.3) is 0 Å². The highest BCUT2D eigenvalue weighted by Crippen LogP contribution is 2.26. The molecule has 0 bridgehead atoms. The molecule has 0 aliphatic carbocycles. The number of imide groups is 1. The Morgan fingerprint density at radius 3 is 2.55 bits per heavy atom. The second kappa shape index (κ2) is 4.36. The summed E-state index contributed by atoms with van der Waals surface area (Å²) in [6.07, 6.45) is 2.31. The fraction of sp³-hybridized carbons (Fsp3) is 0.462. The van der Waals surface area contributed by atoms with Crippen LogP contribution < -0.4 is 10.6 Å². The van der Waals surface area contributed by atoms with Crippen LogP contribution in [0, 0.1) is 6.92 Å². The van der Waals surface area contributed by atoms with E-state index in [2.05, 4.69) is 10.6 Å². The predicted molar refractivity (Wildman–Crippen MR) is 68.0 cm³/mol. The second-order valence-corrected chi connectivity index (χ2v) is 5.22. The first-order valence-corrected chi connectivity index (χ1v) is 6.49. The molecule has 0 unspecified atom stereocenters.